The number of carbonyl (C=O) groups excluding carboxylic acids is 1. The summed E-state index contributed by atoms with van der Waals surface area (Å²) in [4.78, 5) is 18.6. The van der Waals surface area contributed by atoms with Gasteiger partial charge in [-0.15, -0.1) is 0 Å². The molecule has 1 aliphatic rings. The Labute approximate surface area is 147 Å². The first-order valence-electron chi connectivity index (χ1n) is 9.01. The molecule has 1 fully saturated rings. The molecule has 1 amide bonds. The van der Waals surface area contributed by atoms with Crippen LogP contribution in [0.3, 0.4) is 0 Å². The van der Waals surface area contributed by atoms with Crippen LogP contribution in [0, 0.1) is 5.92 Å². The minimum Gasteiger partial charge on any atom is -0.460 e. The third-order valence-corrected chi connectivity index (χ3v) is 5.06. The molecule has 1 aromatic carbocycles. The van der Waals surface area contributed by atoms with Crippen LogP contribution in [0.5, 0.6) is 0 Å². The van der Waals surface area contributed by atoms with Crippen LogP contribution < -0.4 is 0 Å². The molecule has 5 nitrogen and oxygen atoms in total. The van der Waals surface area contributed by atoms with Gasteiger partial charge >= 0.3 is 0 Å². The number of hydrogen-bond acceptors (Lipinski definition) is 3. The summed E-state index contributed by atoms with van der Waals surface area (Å²) < 4.78 is 8.21. The first-order valence-corrected chi connectivity index (χ1v) is 9.01. The van der Waals surface area contributed by atoms with Gasteiger partial charge in [0, 0.05) is 56.2 Å². The van der Waals surface area contributed by atoms with Crippen molar-refractivity contribution in [3.05, 3.63) is 42.4 Å². The monoisotopic (exact) mass is 337 g/mol. The summed E-state index contributed by atoms with van der Waals surface area (Å²) in [5.41, 5.74) is 1.98. The molecule has 0 spiro atoms. The van der Waals surface area contributed by atoms with Crippen molar-refractivity contribution < 1.29 is 9.21 Å². The van der Waals surface area contributed by atoms with Crippen LogP contribution in [0.2, 0.25) is 0 Å². The van der Waals surface area contributed by atoms with Crippen molar-refractivity contribution in [2.75, 3.05) is 13.1 Å². The number of aryl methyl sites for hydroxylation is 1. The Morgan fingerprint density at radius 1 is 1.28 bits per heavy atom. The molecule has 1 saturated heterocycles. The molecule has 3 heterocycles. The van der Waals surface area contributed by atoms with Crippen molar-refractivity contribution >= 4 is 16.9 Å². The average Bonchev–Trinajstić information content (AvgIpc) is 3.31. The van der Waals surface area contributed by atoms with Crippen molar-refractivity contribution in [1.82, 2.24) is 14.5 Å². The molecule has 4 rings (SSSR count). The van der Waals surface area contributed by atoms with Gasteiger partial charge in [0.2, 0.25) is 5.91 Å². The van der Waals surface area contributed by atoms with Crippen LogP contribution in [0.15, 0.2) is 41.1 Å². The number of carbonyl (C=O) groups is 1. The van der Waals surface area contributed by atoms with Gasteiger partial charge in [-0.2, -0.15) is 0 Å². The second-order valence-electron chi connectivity index (χ2n) is 6.66. The predicted octanol–water partition coefficient (Wildman–Crippen LogP) is 3.73. The smallest absolute Gasteiger partial charge is 0.222 e. The number of fused-ring (bicyclic) bond motifs is 1. The summed E-state index contributed by atoms with van der Waals surface area (Å²) in [6.07, 6.45) is 5.29. The molecule has 1 aliphatic heterocycles. The van der Waals surface area contributed by atoms with E-state index in [0.717, 1.165) is 54.2 Å². The van der Waals surface area contributed by atoms with E-state index in [1.165, 1.54) is 0 Å². The molecule has 0 bridgehead atoms. The molecular formula is C20H23N3O2. The zero-order valence-corrected chi connectivity index (χ0v) is 14.7. The van der Waals surface area contributed by atoms with Crippen LogP contribution in [-0.4, -0.2) is 33.4 Å². The predicted molar refractivity (Wildman–Crippen MR) is 97.2 cm³/mol. The van der Waals surface area contributed by atoms with E-state index in [0.29, 0.717) is 12.3 Å². The second kappa shape index (κ2) is 6.39. The summed E-state index contributed by atoms with van der Waals surface area (Å²) >= 11 is 0. The van der Waals surface area contributed by atoms with Gasteiger partial charge in [-0.05, 0) is 13.0 Å². The van der Waals surface area contributed by atoms with E-state index in [2.05, 4.69) is 22.5 Å². The number of likely N-dealkylation sites (tertiary alicyclic amines) is 1. The minimum atomic E-state index is 0.261. The SMILES string of the molecule is CCc1oc2ccccc2c1-c1nccn1CC1CC(=O)N(CC)C1. The minimum absolute atomic E-state index is 0.261. The highest BCUT2D eigenvalue weighted by molar-refractivity contribution is 5.94. The lowest BCUT2D eigenvalue weighted by Gasteiger charge is -2.15. The summed E-state index contributed by atoms with van der Waals surface area (Å²) in [6, 6.07) is 8.11. The van der Waals surface area contributed by atoms with Crippen molar-refractivity contribution in [1.29, 1.82) is 0 Å². The lowest BCUT2D eigenvalue weighted by molar-refractivity contribution is -0.127. The lowest BCUT2D eigenvalue weighted by atomic mass is 10.1. The van der Waals surface area contributed by atoms with E-state index in [1.54, 1.807) is 0 Å². The van der Waals surface area contributed by atoms with E-state index < -0.39 is 0 Å². The number of aromatic nitrogens is 2. The third kappa shape index (κ3) is 2.73. The van der Waals surface area contributed by atoms with Crippen LogP contribution >= 0.6 is 0 Å². The van der Waals surface area contributed by atoms with Crippen molar-refractivity contribution in [3.63, 3.8) is 0 Å². The number of benzene rings is 1. The number of amides is 1. The number of rotatable bonds is 5. The first-order chi connectivity index (χ1) is 12.2. The maximum atomic E-state index is 12.0. The molecule has 130 valence electrons. The number of hydrogen-bond donors (Lipinski definition) is 0. The number of furan rings is 1. The largest absolute Gasteiger partial charge is 0.460 e. The Balaban J connectivity index is 1.70. The highest BCUT2D eigenvalue weighted by atomic mass is 16.3. The lowest BCUT2D eigenvalue weighted by Crippen LogP contribution is -2.25. The fourth-order valence-corrected chi connectivity index (χ4v) is 3.83. The average molecular weight is 337 g/mol. The van der Waals surface area contributed by atoms with Crippen LogP contribution in [-0.2, 0) is 17.8 Å². The summed E-state index contributed by atoms with van der Waals surface area (Å²) in [7, 11) is 0. The summed E-state index contributed by atoms with van der Waals surface area (Å²) in [5, 5.41) is 1.10. The fraction of sp³-hybridized carbons (Fsp3) is 0.400. The first kappa shape index (κ1) is 15.9. The van der Waals surface area contributed by atoms with E-state index >= 15 is 0 Å². The number of para-hydroxylation sites is 1. The van der Waals surface area contributed by atoms with Gasteiger partial charge in [0.1, 0.15) is 17.2 Å². The normalized spacial score (nSPS) is 17.8. The Bertz CT molecular complexity index is 909. The topological polar surface area (TPSA) is 51.3 Å². The number of nitrogens with zero attached hydrogens (tertiary/aromatic N) is 3. The van der Waals surface area contributed by atoms with Gasteiger partial charge in [-0.1, -0.05) is 25.1 Å². The van der Waals surface area contributed by atoms with E-state index in [-0.39, 0.29) is 5.91 Å². The quantitative estimate of drug-likeness (QED) is 0.713. The second-order valence-corrected chi connectivity index (χ2v) is 6.66. The van der Waals surface area contributed by atoms with E-state index in [1.807, 2.05) is 42.4 Å². The zero-order chi connectivity index (χ0) is 17.4. The fourth-order valence-electron chi connectivity index (χ4n) is 3.83. The maximum absolute atomic E-state index is 12.0. The highest BCUT2D eigenvalue weighted by Crippen LogP contribution is 2.35. The molecule has 1 unspecified atom stereocenters. The summed E-state index contributed by atoms with van der Waals surface area (Å²) in [5.74, 6) is 2.50. The van der Waals surface area contributed by atoms with Gasteiger partial charge in [0.05, 0.1) is 5.56 Å². The maximum Gasteiger partial charge on any atom is 0.222 e. The van der Waals surface area contributed by atoms with E-state index in [4.69, 9.17) is 4.42 Å². The van der Waals surface area contributed by atoms with Crippen LogP contribution in [0.1, 0.15) is 26.0 Å². The van der Waals surface area contributed by atoms with E-state index in [9.17, 15) is 4.79 Å². The zero-order valence-electron chi connectivity index (χ0n) is 14.7. The molecule has 5 heteroatoms. The Hall–Kier alpha value is -2.56. The van der Waals surface area contributed by atoms with Gasteiger partial charge < -0.3 is 13.9 Å². The molecule has 0 saturated carbocycles. The van der Waals surface area contributed by atoms with Crippen molar-refractivity contribution in [2.24, 2.45) is 5.92 Å². The van der Waals surface area contributed by atoms with Crippen molar-refractivity contribution in [2.45, 2.75) is 33.2 Å². The molecular weight excluding hydrogens is 314 g/mol. The third-order valence-electron chi connectivity index (χ3n) is 5.06. The van der Waals surface area contributed by atoms with Crippen LogP contribution in [0.4, 0.5) is 0 Å². The molecule has 0 N–H and O–H groups in total. The molecule has 0 aliphatic carbocycles. The van der Waals surface area contributed by atoms with Gasteiger partial charge in [0.15, 0.2) is 0 Å². The van der Waals surface area contributed by atoms with Gasteiger partial charge in [-0.3, -0.25) is 4.79 Å². The summed E-state index contributed by atoms with van der Waals surface area (Å²) in [6.45, 7) is 6.57. The molecule has 0 radical (unpaired) electrons. The number of imidazole rings is 1. The highest BCUT2D eigenvalue weighted by Gasteiger charge is 2.29. The van der Waals surface area contributed by atoms with Crippen molar-refractivity contribution in [3.8, 4) is 11.4 Å². The van der Waals surface area contributed by atoms with Gasteiger partial charge in [0.25, 0.3) is 0 Å². The molecule has 3 aromatic rings. The standard InChI is InChI=1S/C20H23N3O2/c1-3-16-19(15-7-5-6-8-17(15)25-16)20-21-9-10-23(20)13-14-11-18(24)22(4-2)12-14/h5-10,14H,3-4,11-13H2,1-2H3. The Morgan fingerprint density at radius 2 is 2.12 bits per heavy atom. The van der Waals surface area contributed by atoms with Crippen LogP contribution in [0.25, 0.3) is 22.4 Å². The molecule has 2 aromatic heterocycles. The van der Waals surface area contributed by atoms with Gasteiger partial charge in [-0.25, -0.2) is 4.98 Å². The molecule has 1 atom stereocenters. The Kier molecular flexibility index (Phi) is 4.07. The Morgan fingerprint density at radius 3 is 2.88 bits per heavy atom. The molecule has 25 heavy (non-hydrogen) atoms.